The molecule has 7 heteroatoms. The van der Waals surface area contributed by atoms with Crippen molar-refractivity contribution in [1.82, 2.24) is 4.98 Å². The highest BCUT2D eigenvalue weighted by Gasteiger charge is 2.06. The van der Waals surface area contributed by atoms with E-state index in [1.807, 2.05) is 0 Å². The number of halogens is 2. The fraction of sp³-hybridized carbons (Fsp3) is 0.182. The van der Waals surface area contributed by atoms with Gasteiger partial charge >= 0.3 is 0 Å². The first-order chi connectivity index (χ1) is 8.66. The Morgan fingerprint density at radius 2 is 2.06 bits per heavy atom. The molecular formula is C11H10Cl2N2OS2. The zero-order valence-corrected chi connectivity index (χ0v) is 12.4. The van der Waals surface area contributed by atoms with Crippen LogP contribution in [0.15, 0.2) is 28.6 Å². The molecule has 2 rings (SSSR count). The fourth-order valence-corrected chi connectivity index (χ4v) is 3.41. The highest BCUT2D eigenvalue weighted by Crippen LogP contribution is 2.33. The lowest BCUT2D eigenvalue weighted by Crippen LogP contribution is -2.00. The smallest absolute Gasteiger partial charge is 0.181 e. The van der Waals surface area contributed by atoms with E-state index in [1.165, 1.54) is 11.3 Å². The lowest BCUT2D eigenvalue weighted by Gasteiger charge is -2.08. The number of anilines is 1. The molecule has 2 N–H and O–H groups in total. The molecule has 0 fully saturated rings. The zero-order chi connectivity index (χ0) is 13.0. The van der Waals surface area contributed by atoms with E-state index in [2.05, 4.69) is 4.98 Å². The van der Waals surface area contributed by atoms with Crippen molar-refractivity contribution < 1.29 is 4.74 Å². The quantitative estimate of drug-likeness (QED) is 0.662. The highest BCUT2D eigenvalue weighted by atomic mass is 35.5. The topological polar surface area (TPSA) is 48.1 Å². The predicted molar refractivity (Wildman–Crippen MR) is 79.2 cm³/mol. The Morgan fingerprint density at radius 1 is 1.33 bits per heavy atom. The van der Waals surface area contributed by atoms with Gasteiger partial charge in [0.15, 0.2) is 10.9 Å². The van der Waals surface area contributed by atoms with E-state index in [4.69, 9.17) is 33.7 Å². The third kappa shape index (κ3) is 3.68. The minimum Gasteiger partial charge on any atom is -0.490 e. The summed E-state index contributed by atoms with van der Waals surface area (Å²) in [6.45, 7) is 0.520. The van der Waals surface area contributed by atoms with Crippen molar-refractivity contribution in [2.45, 2.75) is 4.21 Å². The molecule has 0 unspecified atom stereocenters. The number of hydrogen-bond donors (Lipinski definition) is 1. The van der Waals surface area contributed by atoms with Gasteiger partial charge in [0.25, 0.3) is 0 Å². The Morgan fingerprint density at radius 3 is 2.67 bits per heavy atom. The van der Waals surface area contributed by atoms with E-state index in [9.17, 15) is 0 Å². The SMILES string of the molecule is Nc1ncc(SCCOc2c(Cl)cccc2Cl)s1. The molecule has 0 amide bonds. The van der Waals surface area contributed by atoms with Crippen LogP contribution in [0.4, 0.5) is 5.13 Å². The molecule has 0 bridgehead atoms. The van der Waals surface area contributed by atoms with Gasteiger partial charge in [-0.3, -0.25) is 0 Å². The number of nitrogen functional groups attached to an aromatic ring is 1. The van der Waals surface area contributed by atoms with Gasteiger partial charge in [-0.25, -0.2) is 4.98 Å². The average Bonchev–Trinajstić information content (AvgIpc) is 2.73. The summed E-state index contributed by atoms with van der Waals surface area (Å²) in [6.07, 6.45) is 1.76. The number of rotatable bonds is 5. The Kier molecular flexibility index (Phi) is 5.00. The third-order valence-corrected chi connectivity index (χ3v) is 4.58. The molecule has 1 aromatic carbocycles. The standard InChI is InChI=1S/C11H10Cl2N2OS2/c12-7-2-1-3-8(13)10(7)16-4-5-17-9-6-15-11(14)18-9/h1-3,6H,4-5H2,(H2,14,15). The molecule has 0 aliphatic rings. The molecule has 2 aromatic rings. The van der Waals surface area contributed by atoms with Gasteiger partial charge in [0.2, 0.25) is 0 Å². The minimum absolute atomic E-state index is 0.520. The van der Waals surface area contributed by atoms with Gasteiger partial charge in [0.1, 0.15) is 0 Å². The van der Waals surface area contributed by atoms with Crippen LogP contribution >= 0.6 is 46.3 Å². The Labute approximate surface area is 123 Å². The van der Waals surface area contributed by atoms with Gasteiger partial charge in [-0.15, -0.1) is 11.8 Å². The molecule has 1 aromatic heterocycles. The maximum Gasteiger partial charge on any atom is 0.181 e. The van der Waals surface area contributed by atoms with Crippen molar-refractivity contribution in [2.24, 2.45) is 0 Å². The maximum absolute atomic E-state index is 5.99. The lowest BCUT2D eigenvalue weighted by atomic mass is 10.3. The summed E-state index contributed by atoms with van der Waals surface area (Å²) in [5.74, 6) is 1.31. The number of ether oxygens (including phenoxy) is 1. The summed E-state index contributed by atoms with van der Waals surface area (Å²) >= 11 is 15.1. The molecule has 0 aliphatic heterocycles. The van der Waals surface area contributed by atoms with Crippen LogP contribution in [0.1, 0.15) is 0 Å². The summed E-state index contributed by atoms with van der Waals surface area (Å²) in [7, 11) is 0. The van der Waals surface area contributed by atoms with Crippen molar-refractivity contribution in [3.8, 4) is 5.75 Å². The minimum atomic E-state index is 0.520. The summed E-state index contributed by atoms with van der Waals surface area (Å²) in [5.41, 5.74) is 5.54. The van der Waals surface area contributed by atoms with Crippen molar-refractivity contribution in [2.75, 3.05) is 18.1 Å². The Balaban J connectivity index is 1.82. The molecule has 3 nitrogen and oxygen atoms in total. The number of aromatic nitrogens is 1. The van der Waals surface area contributed by atoms with Crippen molar-refractivity contribution in [3.63, 3.8) is 0 Å². The second-order valence-electron chi connectivity index (χ2n) is 3.27. The average molecular weight is 321 g/mol. The van der Waals surface area contributed by atoms with Crippen molar-refractivity contribution >= 4 is 51.4 Å². The van der Waals surface area contributed by atoms with Crippen LogP contribution in [-0.4, -0.2) is 17.3 Å². The lowest BCUT2D eigenvalue weighted by molar-refractivity contribution is 0.344. The highest BCUT2D eigenvalue weighted by molar-refractivity contribution is 8.01. The summed E-state index contributed by atoms with van der Waals surface area (Å²) < 4.78 is 6.64. The van der Waals surface area contributed by atoms with E-state index in [1.54, 1.807) is 36.2 Å². The summed E-state index contributed by atoms with van der Waals surface area (Å²) in [4.78, 5) is 3.97. The molecule has 18 heavy (non-hydrogen) atoms. The van der Waals surface area contributed by atoms with Crippen LogP contribution in [0.25, 0.3) is 0 Å². The molecule has 0 spiro atoms. The summed E-state index contributed by atoms with van der Waals surface area (Å²) in [5, 5.41) is 1.62. The molecular weight excluding hydrogens is 311 g/mol. The van der Waals surface area contributed by atoms with Gasteiger partial charge in [-0.2, -0.15) is 0 Å². The van der Waals surface area contributed by atoms with E-state index in [0.717, 1.165) is 9.96 Å². The van der Waals surface area contributed by atoms with Crippen molar-refractivity contribution in [3.05, 3.63) is 34.4 Å². The van der Waals surface area contributed by atoms with Gasteiger partial charge in [-0.05, 0) is 12.1 Å². The number of thioether (sulfide) groups is 1. The van der Waals surface area contributed by atoms with E-state index in [-0.39, 0.29) is 0 Å². The van der Waals surface area contributed by atoms with Crippen molar-refractivity contribution in [1.29, 1.82) is 0 Å². The molecule has 0 saturated heterocycles. The zero-order valence-electron chi connectivity index (χ0n) is 9.23. The molecule has 0 aliphatic carbocycles. The Hall–Kier alpha value is -0.620. The van der Waals surface area contributed by atoms with Crippen LogP contribution in [0.3, 0.4) is 0 Å². The summed E-state index contributed by atoms with van der Waals surface area (Å²) in [6, 6.07) is 5.28. The van der Waals surface area contributed by atoms with Crippen LogP contribution in [-0.2, 0) is 0 Å². The number of hydrogen-bond acceptors (Lipinski definition) is 5. The van der Waals surface area contributed by atoms with E-state index < -0.39 is 0 Å². The first-order valence-electron chi connectivity index (χ1n) is 5.07. The predicted octanol–water partition coefficient (Wildman–Crippen LogP) is 4.20. The molecule has 96 valence electrons. The number of nitrogens with two attached hydrogens (primary N) is 1. The first kappa shape index (κ1) is 13.8. The fourth-order valence-electron chi connectivity index (χ4n) is 1.25. The van der Waals surface area contributed by atoms with Gasteiger partial charge in [0, 0.05) is 5.75 Å². The molecule has 0 atom stereocenters. The maximum atomic E-state index is 5.99. The van der Waals surface area contributed by atoms with Crippen LogP contribution < -0.4 is 10.5 Å². The van der Waals surface area contributed by atoms with Crippen LogP contribution in [0, 0.1) is 0 Å². The van der Waals surface area contributed by atoms with E-state index >= 15 is 0 Å². The third-order valence-electron chi connectivity index (χ3n) is 2.00. The van der Waals surface area contributed by atoms with Gasteiger partial charge in [0.05, 0.1) is 27.1 Å². The second-order valence-corrected chi connectivity index (χ2v) is 6.54. The number of thiazole rings is 1. The number of para-hydroxylation sites is 1. The molecule has 1 heterocycles. The van der Waals surface area contributed by atoms with Gasteiger partial charge in [-0.1, -0.05) is 40.6 Å². The normalized spacial score (nSPS) is 10.6. The molecule has 0 saturated carbocycles. The second kappa shape index (κ2) is 6.52. The first-order valence-corrected chi connectivity index (χ1v) is 7.63. The number of benzene rings is 1. The van der Waals surface area contributed by atoms with Crippen LogP contribution in [0.5, 0.6) is 5.75 Å². The largest absolute Gasteiger partial charge is 0.490 e. The Bertz CT molecular complexity index is 513. The van der Waals surface area contributed by atoms with Gasteiger partial charge < -0.3 is 10.5 Å². The number of nitrogens with zero attached hydrogens (tertiary/aromatic N) is 1. The van der Waals surface area contributed by atoms with E-state index in [0.29, 0.717) is 27.5 Å². The molecule has 0 radical (unpaired) electrons. The monoisotopic (exact) mass is 320 g/mol. The van der Waals surface area contributed by atoms with Crippen LogP contribution in [0.2, 0.25) is 10.0 Å².